The Morgan fingerprint density at radius 1 is 1.20 bits per heavy atom. The first-order chi connectivity index (χ1) is 19.3. The van der Waals surface area contributed by atoms with Gasteiger partial charge in [0.2, 0.25) is 5.92 Å². The molecule has 2 aliphatic rings. The van der Waals surface area contributed by atoms with Gasteiger partial charge in [0, 0.05) is 37.7 Å². The zero-order chi connectivity index (χ0) is 29.8. The van der Waals surface area contributed by atoms with Crippen molar-refractivity contribution in [3.05, 3.63) is 58.1 Å². The van der Waals surface area contributed by atoms with E-state index in [0.29, 0.717) is 40.5 Å². The highest BCUT2D eigenvalue weighted by Crippen LogP contribution is 2.40. The molecule has 0 aromatic carbocycles. The third-order valence-corrected chi connectivity index (χ3v) is 8.67. The molecule has 3 atom stereocenters. The molecule has 0 amide bonds. The molecule has 2 aromatic rings. The Balaban J connectivity index is 1.58. The fourth-order valence-electron chi connectivity index (χ4n) is 5.45. The molecule has 0 spiro atoms. The predicted octanol–water partition coefficient (Wildman–Crippen LogP) is 8.26. The van der Waals surface area contributed by atoms with Crippen LogP contribution in [-0.4, -0.2) is 40.6 Å². The van der Waals surface area contributed by atoms with Gasteiger partial charge in [-0.1, -0.05) is 13.0 Å². The van der Waals surface area contributed by atoms with Crippen molar-refractivity contribution in [2.45, 2.75) is 77.8 Å². The largest absolute Gasteiger partial charge is 0.417 e. The van der Waals surface area contributed by atoms with E-state index in [9.17, 15) is 26.7 Å². The number of nitrogens with zero attached hydrogens (tertiary/aromatic N) is 3. The summed E-state index contributed by atoms with van der Waals surface area (Å²) in [6.45, 7) is 5.72. The molecule has 222 valence electrons. The van der Waals surface area contributed by atoms with Gasteiger partial charge in [0.15, 0.2) is 5.78 Å². The molecule has 5 nitrogen and oxygen atoms in total. The summed E-state index contributed by atoms with van der Waals surface area (Å²) in [6, 6.07) is 3.76. The van der Waals surface area contributed by atoms with Crippen molar-refractivity contribution in [2.75, 3.05) is 6.54 Å². The van der Waals surface area contributed by atoms with E-state index in [0.717, 1.165) is 17.9 Å². The minimum absolute atomic E-state index is 0.182. The van der Waals surface area contributed by atoms with E-state index in [-0.39, 0.29) is 49.8 Å². The Bertz CT molecular complexity index is 1330. The molecule has 2 unspecified atom stereocenters. The second-order valence-corrected chi connectivity index (χ2v) is 12.3. The zero-order valence-electron chi connectivity index (χ0n) is 23.4. The number of alkyl halides is 5. The Kier molecular flexibility index (Phi) is 9.77. The lowest BCUT2D eigenvalue weighted by Gasteiger charge is -2.29. The van der Waals surface area contributed by atoms with Crippen molar-refractivity contribution in [1.29, 1.82) is 0 Å². The maximum atomic E-state index is 14.8. The number of carbonyl (C=O) groups is 1. The highest BCUT2D eigenvalue weighted by molar-refractivity contribution is 7.15. The summed E-state index contributed by atoms with van der Waals surface area (Å²) in [4.78, 5) is 27.6. The fraction of sp³-hybridized carbons (Fsp3) is 0.533. The Hall–Kier alpha value is -2.95. The normalized spacial score (nSPS) is 27.1. The van der Waals surface area contributed by atoms with Crippen molar-refractivity contribution >= 4 is 23.3 Å². The van der Waals surface area contributed by atoms with Crippen LogP contribution in [-0.2, 0) is 0 Å². The van der Waals surface area contributed by atoms with Crippen LogP contribution in [0.1, 0.15) is 72.9 Å². The molecule has 0 saturated heterocycles. The summed E-state index contributed by atoms with van der Waals surface area (Å²) in [7, 11) is 0. The number of aliphatic imine (C=N–C) groups is 1. The average Bonchev–Trinajstić information content (AvgIpc) is 3.27. The van der Waals surface area contributed by atoms with Gasteiger partial charge in [0.05, 0.1) is 21.2 Å². The van der Waals surface area contributed by atoms with E-state index in [1.807, 2.05) is 26.0 Å². The molecule has 4 rings (SSSR count). The number of hydrogen-bond donors (Lipinski definition) is 1. The van der Waals surface area contributed by atoms with Crippen LogP contribution in [0.4, 0.5) is 22.0 Å². The van der Waals surface area contributed by atoms with E-state index in [2.05, 4.69) is 20.3 Å². The molecule has 1 N–H and O–H groups in total. The number of pyridine rings is 1. The SMILES string of the molecule is Cc1ccnc(-c2sc(C)nc2C(=O)C2CCCC(F)(F)C[C@@H](C)C(CNC3=C/CC/C=C(C(F)(F)F)/C=N\3)C2)c1. The number of aryl methyl sites for hydroxylation is 2. The number of aromatic nitrogens is 2. The Morgan fingerprint density at radius 3 is 2.68 bits per heavy atom. The van der Waals surface area contributed by atoms with Crippen LogP contribution in [0.3, 0.4) is 0 Å². The van der Waals surface area contributed by atoms with Gasteiger partial charge in [0.1, 0.15) is 11.5 Å². The lowest BCUT2D eigenvalue weighted by Crippen LogP contribution is -2.32. The number of rotatable bonds is 6. The molecule has 1 aliphatic carbocycles. The standard InChI is InChI=1S/C30H35F5N4OS/c1-18-10-12-36-24(13-18)28-26(39-20(3)41-28)27(40)21-7-6-11-29(31,32)15-19(2)22(14-21)16-37-25-9-5-4-8-23(17-38-25)30(33,34)35/h8-10,12-13,17,19,21-22,37H,4-7,11,14-16H2,1-3H3/b23-8-,25-9-,38-17-/t19-,21?,22?/m1/s1. The van der Waals surface area contributed by atoms with Crippen LogP contribution in [0.25, 0.3) is 10.6 Å². The minimum atomic E-state index is -4.50. The summed E-state index contributed by atoms with van der Waals surface area (Å²) >= 11 is 1.38. The maximum Gasteiger partial charge on any atom is 0.417 e. The van der Waals surface area contributed by atoms with Crippen LogP contribution >= 0.6 is 11.3 Å². The summed E-state index contributed by atoms with van der Waals surface area (Å²) in [6.07, 6.45) is 1.59. The number of allylic oxidation sites excluding steroid dienone is 3. The Labute approximate surface area is 241 Å². The number of halogens is 5. The van der Waals surface area contributed by atoms with Crippen LogP contribution in [0.15, 0.2) is 46.9 Å². The average molecular weight is 595 g/mol. The number of Topliss-reactive ketones (excluding diaryl/α,β-unsaturated/α-hetero) is 1. The molecule has 1 fully saturated rings. The van der Waals surface area contributed by atoms with Crippen molar-refractivity contribution < 1.29 is 26.7 Å². The number of thiazole rings is 1. The topological polar surface area (TPSA) is 67.2 Å². The monoisotopic (exact) mass is 594 g/mol. The van der Waals surface area contributed by atoms with Gasteiger partial charge in [-0.2, -0.15) is 13.2 Å². The lowest BCUT2D eigenvalue weighted by molar-refractivity contribution is -0.0858. The second kappa shape index (κ2) is 12.9. The molecule has 41 heavy (non-hydrogen) atoms. The van der Waals surface area contributed by atoms with Gasteiger partial charge in [-0.05, 0) is 81.6 Å². The summed E-state index contributed by atoms with van der Waals surface area (Å²) < 4.78 is 69.2. The number of nitrogens with one attached hydrogen (secondary N) is 1. The van der Waals surface area contributed by atoms with Crippen molar-refractivity contribution in [3.8, 4) is 10.6 Å². The predicted molar refractivity (Wildman–Crippen MR) is 151 cm³/mol. The van der Waals surface area contributed by atoms with Crippen molar-refractivity contribution in [1.82, 2.24) is 15.3 Å². The van der Waals surface area contributed by atoms with Gasteiger partial charge < -0.3 is 5.32 Å². The molecule has 0 bridgehead atoms. The maximum absolute atomic E-state index is 14.8. The third-order valence-electron chi connectivity index (χ3n) is 7.68. The third kappa shape index (κ3) is 8.30. The van der Waals surface area contributed by atoms with E-state index in [1.165, 1.54) is 11.3 Å². The molecule has 1 aliphatic heterocycles. The molecule has 0 radical (unpaired) electrons. The lowest BCUT2D eigenvalue weighted by atomic mass is 9.80. The first kappa shape index (κ1) is 31.0. The quantitative estimate of drug-likeness (QED) is 0.270. The van der Waals surface area contributed by atoms with Gasteiger partial charge in [-0.25, -0.2) is 18.8 Å². The summed E-state index contributed by atoms with van der Waals surface area (Å²) in [5.74, 6) is -4.09. The van der Waals surface area contributed by atoms with E-state index >= 15 is 0 Å². The smallest absolute Gasteiger partial charge is 0.370 e. The van der Waals surface area contributed by atoms with Gasteiger partial charge in [0.25, 0.3) is 0 Å². The van der Waals surface area contributed by atoms with Gasteiger partial charge in [-0.15, -0.1) is 11.3 Å². The summed E-state index contributed by atoms with van der Waals surface area (Å²) in [5.41, 5.74) is 1.15. The van der Waals surface area contributed by atoms with Crippen LogP contribution in [0, 0.1) is 31.6 Å². The summed E-state index contributed by atoms with van der Waals surface area (Å²) in [5, 5.41) is 3.81. The molecule has 2 aromatic heterocycles. The second-order valence-electron chi connectivity index (χ2n) is 11.1. The van der Waals surface area contributed by atoms with Gasteiger partial charge >= 0.3 is 6.18 Å². The molecule has 1 saturated carbocycles. The van der Waals surface area contributed by atoms with Gasteiger partial charge in [-0.3, -0.25) is 9.78 Å². The number of carbonyl (C=O) groups excluding carboxylic acids is 1. The Morgan fingerprint density at radius 2 is 1.95 bits per heavy atom. The van der Waals surface area contributed by atoms with Crippen LogP contribution < -0.4 is 5.32 Å². The van der Waals surface area contributed by atoms with E-state index < -0.39 is 29.5 Å². The molecular formula is C30H35F5N4OS. The van der Waals surface area contributed by atoms with Crippen molar-refractivity contribution in [3.63, 3.8) is 0 Å². The molecule has 11 heteroatoms. The first-order valence-corrected chi connectivity index (χ1v) is 14.7. The number of ketones is 1. The van der Waals surface area contributed by atoms with E-state index in [1.54, 1.807) is 19.2 Å². The van der Waals surface area contributed by atoms with Crippen LogP contribution in [0.5, 0.6) is 0 Å². The highest BCUT2D eigenvalue weighted by atomic mass is 32.1. The fourth-order valence-corrected chi connectivity index (χ4v) is 6.34. The highest BCUT2D eigenvalue weighted by Gasteiger charge is 2.38. The molecular weight excluding hydrogens is 559 g/mol. The zero-order valence-corrected chi connectivity index (χ0v) is 24.2. The molecule has 3 heterocycles. The first-order valence-electron chi connectivity index (χ1n) is 13.9. The van der Waals surface area contributed by atoms with Crippen molar-refractivity contribution in [2.24, 2.45) is 22.7 Å². The van der Waals surface area contributed by atoms with E-state index in [4.69, 9.17) is 0 Å². The van der Waals surface area contributed by atoms with Crippen LogP contribution in [0.2, 0.25) is 0 Å². The minimum Gasteiger partial charge on any atom is -0.370 e. The number of hydrogen-bond acceptors (Lipinski definition) is 6.